The number of carbonyl (C=O) groups is 2. The molecule has 3 aromatic rings. The minimum Gasteiger partial charge on any atom is -0.497 e. The normalized spacial score (nSPS) is 11.5. The Morgan fingerprint density at radius 1 is 1.14 bits per heavy atom. The van der Waals surface area contributed by atoms with Gasteiger partial charge in [-0.1, -0.05) is 11.3 Å². The van der Waals surface area contributed by atoms with Gasteiger partial charge in [0.25, 0.3) is 5.91 Å². The zero-order chi connectivity index (χ0) is 21.0. The first-order valence-corrected chi connectivity index (χ1v) is 9.94. The summed E-state index contributed by atoms with van der Waals surface area (Å²) in [5, 5.41) is 0. The molecule has 0 saturated carbocycles. The second-order valence-electron chi connectivity index (χ2n) is 6.47. The Bertz CT molecular complexity index is 1100. The summed E-state index contributed by atoms with van der Waals surface area (Å²) in [6.07, 6.45) is 0. The number of hydrogen-bond donors (Lipinski definition) is 0. The van der Waals surface area contributed by atoms with E-state index < -0.39 is 0 Å². The molecule has 2 aromatic carbocycles. The van der Waals surface area contributed by atoms with Crippen LogP contribution in [0.4, 0.5) is 5.69 Å². The van der Waals surface area contributed by atoms with E-state index in [-0.39, 0.29) is 18.4 Å². The second-order valence-corrected chi connectivity index (χ2v) is 7.48. The van der Waals surface area contributed by atoms with Gasteiger partial charge in [-0.3, -0.25) is 9.59 Å². The fourth-order valence-corrected chi connectivity index (χ4v) is 3.86. The van der Waals surface area contributed by atoms with E-state index in [1.165, 1.54) is 11.3 Å². The molecule has 0 spiro atoms. The molecular weight excluding hydrogens is 390 g/mol. The summed E-state index contributed by atoms with van der Waals surface area (Å²) in [7, 11) is 5.46. The summed E-state index contributed by atoms with van der Waals surface area (Å²) in [5.74, 6) is -0.0575. The van der Waals surface area contributed by atoms with Crippen LogP contribution in [-0.2, 0) is 16.1 Å². The topological polar surface area (TPSA) is 73.1 Å². The lowest BCUT2D eigenvalue weighted by Crippen LogP contribution is -2.23. The fourth-order valence-electron chi connectivity index (χ4n) is 2.81. The molecule has 152 valence electrons. The largest absolute Gasteiger partial charge is 0.497 e. The molecule has 0 saturated heterocycles. The zero-order valence-corrected chi connectivity index (χ0v) is 17.7. The van der Waals surface area contributed by atoms with Crippen molar-refractivity contribution in [2.75, 3.05) is 32.7 Å². The Balaban J connectivity index is 2.05. The van der Waals surface area contributed by atoms with E-state index >= 15 is 0 Å². The third-order valence-electron chi connectivity index (χ3n) is 4.31. The number of thiazole rings is 1. The van der Waals surface area contributed by atoms with Gasteiger partial charge in [0.2, 0.25) is 0 Å². The van der Waals surface area contributed by atoms with Gasteiger partial charge in [0.15, 0.2) is 4.80 Å². The van der Waals surface area contributed by atoms with Gasteiger partial charge in [0.1, 0.15) is 12.3 Å². The molecule has 3 rings (SSSR count). The third-order valence-corrected chi connectivity index (χ3v) is 5.35. The summed E-state index contributed by atoms with van der Waals surface area (Å²) >= 11 is 1.32. The minimum atomic E-state index is -0.382. The Morgan fingerprint density at radius 3 is 2.48 bits per heavy atom. The molecule has 1 amide bonds. The number of benzene rings is 2. The van der Waals surface area contributed by atoms with Crippen molar-refractivity contribution in [1.82, 2.24) is 4.57 Å². The van der Waals surface area contributed by atoms with Crippen molar-refractivity contribution in [2.24, 2.45) is 4.99 Å². The Morgan fingerprint density at radius 2 is 1.86 bits per heavy atom. The summed E-state index contributed by atoms with van der Waals surface area (Å²) < 4.78 is 12.9. The lowest BCUT2D eigenvalue weighted by Gasteiger charge is -2.11. The fraction of sp³-hybridized carbons (Fsp3) is 0.286. The Kier molecular flexibility index (Phi) is 6.33. The SMILES string of the molecule is CCOC(=O)Cn1c(=NC(=O)c2ccc(N(C)C)cc2)sc2cc(OC)ccc21. The van der Waals surface area contributed by atoms with Gasteiger partial charge in [-0.25, -0.2) is 0 Å². The number of carbonyl (C=O) groups excluding carboxylic acids is 2. The van der Waals surface area contributed by atoms with Crippen molar-refractivity contribution < 1.29 is 19.1 Å². The summed E-state index contributed by atoms with van der Waals surface area (Å²) in [5.41, 5.74) is 2.26. The lowest BCUT2D eigenvalue weighted by atomic mass is 10.2. The number of aromatic nitrogens is 1. The van der Waals surface area contributed by atoms with Gasteiger partial charge in [0.05, 0.1) is 23.9 Å². The molecule has 0 aliphatic rings. The number of hydrogen-bond acceptors (Lipinski definition) is 6. The number of rotatable bonds is 6. The summed E-state index contributed by atoms with van der Waals surface area (Å²) in [4.78, 5) is 31.5. The molecule has 1 heterocycles. The van der Waals surface area contributed by atoms with Crippen LogP contribution in [0, 0.1) is 0 Å². The Hall–Kier alpha value is -3.13. The van der Waals surface area contributed by atoms with Crippen molar-refractivity contribution in [3.63, 3.8) is 0 Å². The number of ether oxygens (including phenoxy) is 2. The first-order valence-electron chi connectivity index (χ1n) is 9.12. The summed E-state index contributed by atoms with van der Waals surface area (Å²) in [6, 6.07) is 12.7. The van der Waals surface area contributed by atoms with Crippen molar-refractivity contribution in [1.29, 1.82) is 0 Å². The van der Waals surface area contributed by atoms with E-state index in [0.717, 1.165) is 15.9 Å². The maximum Gasteiger partial charge on any atom is 0.326 e. The predicted octanol–water partition coefficient (Wildman–Crippen LogP) is 3.08. The molecule has 29 heavy (non-hydrogen) atoms. The van der Waals surface area contributed by atoms with Gasteiger partial charge in [0, 0.05) is 25.3 Å². The van der Waals surface area contributed by atoms with Crippen LogP contribution in [0.5, 0.6) is 5.75 Å². The number of amides is 1. The van der Waals surface area contributed by atoms with Gasteiger partial charge >= 0.3 is 5.97 Å². The molecule has 0 aliphatic heterocycles. The highest BCUT2D eigenvalue weighted by Crippen LogP contribution is 2.23. The number of nitrogens with zero attached hydrogens (tertiary/aromatic N) is 3. The molecular formula is C21H23N3O4S. The number of methoxy groups -OCH3 is 1. The first kappa shape index (κ1) is 20.6. The van der Waals surface area contributed by atoms with Gasteiger partial charge in [-0.05, 0) is 49.4 Å². The summed E-state index contributed by atoms with van der Waals surface area (Å²) in [6.45, 7) is 2.02. The van der Waals surface area contributed by atoms with Crippen LogP contribution >= 0.6 is 11.3 Å². The molecule has 0 radical (unpaired) electrons. The van der Waals surface area contributed by atoms with E-state index in [2.05, 4.69) is 4.99 Å². The molecule has 0 unspecified atom stereocenters. The molecule has 1 aromatic heterocycles. The standard InChI is InChI=1S/C21H23N3O4S/c1-5-28-19(25)13-24-17-11-10-16(27-4)12-18(17)29-21(24)22-20(26)14-6-8-15(9-7-14)23(2)3/h6-12H,5,13H2,1-4H3. The molecule has 7 nitrogen and oxygen atoms in total. The van der Waals surface area contributed by atoms with Crippen LogP contribution in [0.25, 0.3) is 10.2 Å². The van der Waals surface area contributed by atoms with Crippen molar-refractivity contribution >= 4 is 39.1 Å². The molecule has 0 fully saturated rings. The highest BCUT2D eigenvalue weighted by molar-refractivity contribution is 7.16. The van der Waals surface area contributed by atoms with Crippen LogP contribution in [0.15, 0.2) is 47.5 Å². The van der Waals surface area contributed by atoms with Crippen LogP contribution in [0.1, 0.15) is 17.3 Å². The van der Waals surface area contributed by atoms with E-state index in [1.54, 1.807) is 30.7 Å². The van der Waals surface area contributed by atoms with Crippen LogP contribution in [0.3, 0.4) is 0 Å². The van der Waals surface area contributed by atoms with Crippen LogP contribution in [0.2, 0.25) is 0 Å². The van der Waals surface area contributed by atoms with Gasteiger partial charge in [-0.15, -0.1) is 0 Å². The second kappa shape index (κ2) is 8.91. The van der Waals surface area contributed by atoms with E-state index in [1.807, 2.05) is 49.3 Å². The van der Waals surface area contributed by atoms with Crippen molar-refractivity contribution in [2.45, 2.75) is 13.5 Å². The molecule has 0 aliphatic carbocycles. The third kappa shape index (κ3) is 4.65. The average Bonchev–Trinajstić information content (AvgIpc) is 3.04. The van der Waals surface area contributed by atoms with Crippen molar-refractivity contribution in [3.8, 4) is 5.75 Å². The van der Waals surface area contributed by atoms with Gasteiger partial charge < -0.3 is 18.9 Å². The smallest absolute Gasteiger partial charge is 0.326 e. The monoisotopic (exact) mass is 413 g/mol. The Labute approximate surface area is 172 Å². The average molecular weight is 413 g/mol. The number of esters is 1. The lowest BCUT2D eigenvalue weighted by molar-refractivity contribution is -0.143. The molecule has 0 N–H and O–H groups in total. The van der Waals surface area contributed by atoms with Crippen LogP contribution < -0.4 is 14.4 Å². The quantitative estimate of drug-likeness (QED) is 0.581. The molecule has 0 atom stereocenters. The van der Waals surface area contributed by atoms with Crippen molar-refractivity contribution in [3.05, 3.63) is 52.8 Å². The van der Waals surface area contributed by atoms with Gasteiger partial charge in [-0.2, -0.15) is 4.99 Å². The first-order chi connectivity index (χ1) is 13.9. The highest BCUT2D eigenvalue weighted by Gasteiger charge is 2.13. The zero-order valence-electron chi connectivity index (χ0n) is 16.8. The maximum atomic E-state index is 12.7. The van der Waals surface area contributed by atoms with E-state index in [9.17, 15) is 9.59 Å². The number of fused-ring (bicyclic) bond motifs is 1. The van der Waals surface area contributed by atoms with E-state index in [0.29, 0.717) is 22.7 Å². The maximum absolute atomic E-state index is 12.7. The van der Waals surface area contributed by atoms with E-state index in [4.69, 9.17) is 9.47 Å². The molecule has 8 heteroatoms. The minimum absolute atomic E-state index is 0.0220. The molecule has 0 bridgehead atoms. The van der Waals surface area contributed by atoms with Crippen LogP contribution in [-0.4, -0.2) is 44.3 Å². The highest BCUT2D eigenvalue weighted by atomic mass is 32.1. The number of anilines is 1. The predicted molar refractivity (Wildman–Crippen MR) is 114 cm³/mol.